The van der Waals surface area contributed by atoms with Crippen LogP contribution in [0.1, 0.15) is 23.7 Å². The number of imidazole rings is 1. The van der Waals surface area contributed by atoms with Crippen LogP contribution >= 0.6 is 0 Å². The SMILES string of the molecule is C/C=C\c1c(C=Cc2ccccc2)c2c(ccc3c4cc(-c5ccccc5)ccc4n(-c4ccc(-c5nc6ccccc6n5-c5ccccc5)cc4)c32)n1-c1ccccc1. The van der Waals surface area contributed by atoms with Gasteiger partial charge in [-0.1, -0.05) is 140 Å². The Balaban J connectivity index is 1.21. The van der Waals surface area contributed by atoms with Crippen LogP contribution in [0, 0.1) is 0 Å². The van der Waals surface area contributed by atoms with Crippen LogP contribution in [0.25, 0.3) is 102 Å². The number of para-hydroxylation sites is 4. The van der Waals surface area contributed by atoms with Crippen molar-refractivity contribution in [2.24, 2.45) is 0 Å². The number of hydrogen-bond donors (Lipinski definition) is 0. The van der Waals surface area contributed by atoms with Crippen molar-refractivity contribution in [3.05, 3.63) is 223 Å². The standard InChI is InChI=1S/C56H40N4/c1-2-17-50-47(34-28-39-18-7-3-8-19-39)54-53(58(50)43-22-11-5-12-23-43)37-35-46-48-38-42(40-20-9-4-10-21-40)31-36-51(48)59(55(46)54)45-32-29-41(30-33-45)56-57-49-26-15-16-27-52(49)60(56)44-24-13-6-14-25-44/h2-38H,1H3/b17-2-,34-28?. The second-order valence-electron chi connectivity index (χ2n) is 15.1. The maximum atomic E-state index is 5.19. The van der Waals surface area contributed by atoms with Crippen LogP contribution in [-0.2, 0) is 0 Å². The van der Waals surface area contributed by atoms with Crippen molar-refractivity contribution in [3.8, 4) is 39.6 Å². The Labute approximate surface area is 348 Å². The minimum Gasteiger partial charge on any atom is -0.309 e. The summed E-state index contributed by atoms with van der Waals surface area (Å²) in [5.41, 5.74) is 15.7. The lowest BCUT2D eigenvalue weighted by Gasteiger charge is -2.12. The van der Waals surface area contributed by atoms with Crippen molar-refractivity contribution < 1.29 is 0 Å². The van der Waals surface area contributed by atoms with Crippen LogP contribution < -0.4 is 0 Å². The molecule has 0 atom stereocenters. The van der Waals surface area contributed by atoms with Gasteiger partial charge in [0.15, 0.2) is 0 Å². The van der Waals surface area contributed by atoms with Gasteiger partial charge in [0.1, 0.15) is 5.82 Å². The van der Waals surface area contributed by atoms with Gasteiger partial charge in [-0.2, -0.15) is 0 Å². The van der Waals surface area contributed by atoms with E-state index in [1.807, 2.05) is 0 Å². The highest BCUT2D eigenvalue weighted by Crippen LogP contribution is 2.43. The molecular formula is C56H40N4. The number of hydrogen-bond acceptors (Lipinski definition) is 1. The number of fused-ring (bicyclic) bond motifs is 6. The fourth-order valence-electron chi connectivity index (χ4n) is 8.91. The molecule has 4 nitrogen and oxygen atoms in total. The first-order valence-corrected chi connectivity index (χ1v) is 20.5. The van der Waals surface area contributed by atoms with Crippen LogP contribution in [0.4, 0.5) is 0 Å². The summed E-state index contributed by atoms with van der Waals surface area (Å²) in [7, 11) is 0. The van der Waals surface area contributed by atoms with E-state index in [-0.39, 0.29) is 0 Å². The molecule has 4 heteroatoms. The van der Waals surface area contributed by atoms with Gasteiger partial charge in [-0.05, 0) is 109 Å². The van der Waals surface area contributed by atoms with Gasteiger partial charge < -0.3 is 9.13 Å². The maximum absolute atomic E-state index is 5.19. The van der Waals surface area contributed by atoms with E-state index in [4.69, 9.17) is 4.98 Å². The molecule has 8 aromatic carbocycles. The Hall–Kier alpha value is -7.95. The van der Waals surface area contributed by atoms with Gasteiger partial charge in [0.05, 0.1) is 33.3 Å². The normalized spacial score (nSPS) is 11.9. The molecule has 0 spiro atoms. The van der Waals surface area contributed by atoms with Crippen molar-refractivity contribution in [3.63, 3.8) is 0 Å². The summed E-state index contributed by atoms with van der Waals surface area (Å²) in [5.74, 6) is 0.912. The monoisotopic (exact) mass is 768 g/mol. The Morgan fingerprint density at radius 2 is 1.02 bits per heavy atom. The van der Waals surface area contributed by atoms with Gasteiger partial charge in [-0.25, -0.2) is 4.98 Å². The van der Waals surface area contributed by atoms with Crippen LogP contribution in [0.15, 0.2) is 206 Å². The Kier molecular flexibility index (Phi) is 8.67. The number of benzene rings is 8. The summed E-state index contributed by atoms with van der Waals surface area (Å²) < 4.78 is 7.15. The summed E-state index contributed by atoms with van der Waals surface area (Å²) in [6, 6.07) is 71.4. The van der Waals surface area contributed by atoms with E-state index >= 15 is 0 Å². The molecule has 0 saturated heterocycles. The van der Waals surface area contributed by atoms with Crippen molar-refractivity contribution in [2.45, 2.75) is 6.92 Å². The van der Waals surface area contributed by atoms with Crippen LogP contribution in [0.5, 0.6) is 0 Å². The molecule has 0 aliphatic carbocycles. The number of rotatable bonds is 8. The van der Waals surface area contributed by atoms with Gasteiger partial charge in [-0.3, -0.25) is 4.57 Å². The molecule has 0 aliphatic rings. The second kappa shape index (κ2) is 14.8. The first-order chi connectivity index (χ1) is 29.7. The number of allylic oxidation sites excluding steroid dienone is 1. The molecule has 11 aromatic rings. The molecule has 60 heavy (non-hydrogen) atoms. The molecule has 0 fully saturated rings. The van der Waals surface area contributed by atoms with E-state index in [1.165, 1.54) is 38.4 Å². The lowest BCUT2D eigenvalue weighted by molar-refractivity contribution is 1.10. The van der Waals surface area contributed by atoms with Crippen LogP contribution in [-0.4, -0.2) is 18.7 Å². The van der Waals surface area contributed by atoms with Gasteiger partial charge in [0, 0.05) is 44.3 Å². The van der Waals surface area contributed by atoms with E-state index < -0.39 is 0 Å². The zero-order chi connectivity index (χ0) is 40.0. The molecule has 284 valence electrons. The summed E-state index contributed by atoms with van der Waals surface area (Å²) in [6.45, 7) is 2.10. The lowest BCUT2D eigenvalue weighted by Crippen LogP contribution is -1.98. The molecular weight excluding hydrogens is 729 g/mol. The molecule has 0 amide bonds. The lowest BCUT2D eigenvalue weighted by atomic mass is 10.0. The first kappa shape index (κ1) is 35.2. The topological polar surface area (TPSA) is 27.7 Å². The van der Waals surface area contributed by atoms with E-state index in [0.29, 0.717) is 0 Å². The predicted octanol–water partition coefficient (Wildman–Crippen LogP) is 14.6. The van der Waals surface area contributed by atoms with Crippen molar-refractivity contribution in [2.75, 3.05) is 0 Å². The Morgan fingerprint density at radius 3 is 1.73 bits per heavy atom. The molecule has 0 N–H and O–H groups in total. The molecule has 0 aliphatic heterocycles. The minimum absolute atomic E-state index is 0.912. The van der Waals surface area contributed by atoms with E-state index in [9.17, 15) is 0 Å². The zero-order valence-corrected chi connectivity index (χ0v) is 33.2. The Morgan fingerprint density at radius 1 is 0.417 bits per heavy atom. The first-order valence-electron chi connectivity index (χ1n) is 20.5. The quantitative estimate of drug-likeness (QED) is 0.151. The third-order valence-corrected chi connectivity index (χ3v) is 11.6. The zero-order valence-electron chi connectivity index (χ0n) is 33.2. The predicted molar refractivity (Wildman–Crippen MR) is 253 cm³/mol. The highest BCUT2D eigenvalue weighted by molar-refractivity contribution is 6.22. The van der Waals surface area contributed by atoms with Crippen LogP contribution in [0.3, 0.4) is 0 Å². The molecule has 0 saturated carbocycles. The second-order valence-corrected chi connectivity index (χ2v) is 15.1. The Bertz CT molecular complexity index is 3390. The highest BCUT2D eigenvalue weighted by atomic mass is 15.1. The van der Waals surface area contributed by atoms with Gasteiger partial charge in [0.2, 0.25) is 0 Å². The largest absolute Gasteiger partial charge is 0.309 e. The van der Waals surface area contributed by atoms with Crippen molar-refractivity contribution in [1.29, 1.82) is 0 Å². The average molecular weight is 769 g/mol. The van der Waals surface area contributed by atoms with E-state index in [2.05, 4.69) is 245 Å². The fraction of sp³-hybridized carbons (Fsp3) is 0.0179. The molecule has 0 radical (unpaired) electrons. The molecule has 11 rings (SSSR count). The van der Waals surface area contributed by atoms with E-state index in [0.717, 1.165) is 61.8 Å². The smallest absolute Gasteiger partial charge is 0.145 e. The molecule has 3 heterocycles. The van der Waals surface area contributed by atoms with Crippen molar-refractivity contribution in [1.82, 2.24) is 18.7 Å². The van der Waals surface area contributed by atoms with E-state index in [1.54, 1.807) is 0 Å². The molecule has 0 bridgehead atoms. The fourth-order valence-corrected chi connectivity index (χ4v) is 8.91. The molecule has 3 aromatic heterocycles. The third-order valence-electron chi connectivity index (χ3n) is 11.6. The maximum Gasteiger partial charge on any atom is 0.145 e. The van der Waals surface area contributed by atoms with Gasteiger partial charge >= 0.3 is 0 Å². The molecule has 0 unspecified atom stereocenters. The average Bonchev–Trinajstić information content (AvgIpc) is 3.97. The van der Waals surface area contributed by atoms with Gasteiger partial charge in [-0.15, -0.1) is 0 Å². The van der Waals surface area contributed by atoms with Gasteiger partial charge in [0.25, 0.3) is 0 Å². The number of nitrogens with zero attached hydrogens (tertiary/aromatic N) is 4. The summed E-state index contributed by atoms with van der Waals surface area (Å²) in [4.78, 5) is 5.19. The highest BCUT2D eigenvalue weighted by Gasteiger charge is 2.23. The third kappa shape index (κ3) is 5.88. The summed E-state index contributed by atoms with van der Waals surface area (Å²) in [6.07, 6.45) is 8.94. The number of aromatic nitrogens is 4. The van der Waals surface area contributed by atoms with Crippen LogP contribution in [0.2, 0.25) is 0 Å². The summed E-state index contributed by atoms with van der Waals surface area (Å²) in [5, 5.41) is 3.61. The minimum atomic E-state index is 0.912. The summed E-state index contributed by atoms with van der Waals surface area (Å²) >= 11 is 0. The van der Waals surface area contributed by atoms with Crippen molar-refractivity contribution >= 4 is 62.0 Å².